The molecule has 0 heterocycles. The Morgan fingerprint density at radius 2 is 1.93 bits per heavy atom. The smallest absolute Gasteiger partial charge is 0.0700 e. The van der Waals surface area contributed by atoms with Gasteiger partial charge in [0, 0.05) is 19.8 Å². The summed E-state index contributed by atoms with van der Waals surface area (Å²) in [6.07, 6.45) is 1.56. The molecule has 4 heteroatoms. The molecule has 0 amide bonds. The maximum Gasteiger partial charge on any atom is 0.0700 e. The molecule has 2 N–H and O–H groups in total. The molecule has 0 aromatic carbocycles. The van der Waals surface area contributed by atoms with Crippen molar-refractivity contribution in [2.75, 3.05) is 33.5 Å². The largest absolute Gasteiger partial charge is 0.393 e. The first kappa shape index (κ1) is 14.8. The highest BCUT2D eigenvalue weighted by molar-refractivity contribution is 4.63. The summed E-state index contributed by atoms with van der Waals surface area (Å²) in [7, 11) is 1.67. The lowest BCUT2D eigenvalue weighted by molar-refractivity contribution is 0.0690. The van der Waals surface area contributed by atoms with Crippen molar-refractivity contribution in [3.63, 3.8) is 0 Å². The molecule has 0 radical (unpaired) electrons. The average Bonchev–Trinajstić information content (AvgIpc) is 2.15. The lowest BCUT2D eigenvalue weighted by Gasteiger charge is -2.15. The van der Waals surface area contributed by atoms with Crippen molar-refractivity contribution < 1.29 is 14.6 Å². The highest BCUT2D eigenvalue weighted by Crippen LogP contribution is 1.96. The molecule has 2 atom stereocenters. The zero-order valence-corrected chi connectivity index (χ0v) is 10.2. The zero-order valence-electron chi connectivity index (χ0n) is 10.2. The summed E-state index contributed by atoms with van der Waals surface area (Å²) in [5, 5.41) is 12.5. The van der Waals surface area contributed by atoms with Gasteiger partial charge in [0.1, 0.15) is 0 Å². The summed E-state index contributed by atoms with van der Waals surface area (Å²) in [5.41, 5.74) is 0. The van der Waals surface area contributed by atoms with Gasteiger partial charge in [0.15, 0.2) is 0 Å². The number of hydrogen-bond donors (Lipinski definition) is 2. The lowest BCUT2D eigenvalue weighted by atomic mass is 10.1. The first-order valence-corrected chi connectivity index (χ1v) is 5.65. The molecule has 0 aromatic rings. The van der Waals surface area contributed by atoms with Crippen LogP contribution < -0.4 is 5.32 Å². The van der Waals surface area contributed by atoms with E-state index in [9.17, 15) is 0 Å². The third kappa shape index (κ3) is 11.8. The molecule has 15 heavy (non-hydrogen) atoms. The van der Waals surface area contributed by atoms with Crippen LogP contribution in [0.4, 0.5) is 0 Å². The molecular formula is C11H25NO3. The standard InChI is InChI=1S/C11H25NO3/c1-10(9-11(2)13)12-5-4-6-15-8-7-14-3/h10-13H,4-9H2,1-3H3. The Morgan fingerprint density at radius 3 is 2.53 bits per heavy atom. The molecule has 0 saturated heterocycles. The second-order valence-electron chi connectivity index (χ2n) is 3.90. The fourth-order valence-electron chi connectivity index (χ4n) is 1.36. The third-order valence-electron chi connectivity index (χ3n) is 2.08. The van der Waals surface area contributed by atoms with Crippen LogP contribution in [0.3, 0.4) is 0 Å². The van der Waals surface area contributed by atoms with Crippen molar-refractivity contribution in [3.8, 4) is 0 Å². The number of ether oxygens (including phenoxy) is 2. The summed E-state index contributed by atoms with van der Waals surface area (Å²) in [6, 6.07) is 0.365. The number of hydrogen-bond acceptors (Lipinski definition) is 4. The van der Waals surface area contributed by atoms with Crippen LogP contribution in [0.5, 0.6) is 0 Å². The zero-order chi connectivity index (χ0) is 11.5. The Kier molecular flexibility index (Phi) is 10.3. The van der Waals surface area contributed by atoms with Crippen molar-refractivity contribution in [2.45, 2.75) is 38.8 Å². The van der Waals surface area contributed by atoms with E-state index in [1.807, 2.05) is 6.92 Å². The Labute approximate surface area is 93.0 Å². The van der Waals surface area contributed by atoms with Crippen molar-refractivity contribution >= 4 is 0 Å². The average molecular weight is 219 g/mol. The van der Waals surface area contributed by atoms with E-state index >= 15 is 0 Å². The predicted molar refractivity (Wildman–Crippen MR) is 61.1 cm³/mol. The minimum Gasteiger partial charge on any atom is -0.393 e. The molecule has 0 aliphatic carbocycles. The van der Waals surface area contributed by atoms with E-state index in [0.29, 0.717) is 19.3 Å². The van der Waals surface area contributed by atoms with Crippen LogP contribution in [-0.4, -0.2) is 50.7 Å². The van der Waals surface area contributed by atoms with E-state index < -0.39 is 0 Å². The summed E-state index contributed by atoms with van der Waals surface area (Å²) in [4.78, 5) is 0. The second kappa shape index (κ2) is 10.4. The van der Waals surface area contributed by atoms with E-state index in [1.54, 1.807) is 7.11 Å². The summed E-state index contributed by atoms with van der Waals surface area (Å²) < 4.78 is 10.2. The molecular weight excluding hydrogens is 194 g/mol. The molecule has 0 bridgehead atoms. The van der Waals surface area contributed by atoms with Gasteiger partial charge in [0.05, 0.1) is 19.3 Å². The monoisotopic (exact) mass is 219 g/mol. The maximum absolute atomic E-state index is 9.14. The predicted octanol–water partition coefficient (Wildman–Crippen LogP) is 0.788. The fourth-order valence-corrected chi connectivity index (χ4v) is 1.36. The van der Waals surface area contributed by atoms with Gasteiger partial charge < -0.3 is 19.9 Å². The third-order valence-corrected chi connectivity index (χ3v) is 2.08. The number of methoxy groups -OCH3 is 1. The molecule has 0 fully saturated rings. The Morgan fingerprint density at radius 1 is 1.20 bits per heavy atom. The summed E-state index contributed by atoms with van der Waals surface area (Å²) in [5.74, 6) is 0. The molecule has 92 valence electrons. The molecule has 0 spiro atoms. The first-order valence-electron chi connectivity index (χ1n) is 5.65. The van der Waals surface area contributed by atoms with Gasteiger partial charge >= 0.3 is 0 Å². The fraction of sp³-hybridized carbons (Fsp3) is 1.00. The molecule has 0 rings (SSSR count). The Bertz CT molecular complexity index is 131. The van der Waals surface area contributed by atoms with E-state index in [1.165, 1.54) is 0 Å². The lowest BCUT2D eigenvalue weighted by Crippen LogP contribution is -2.30. The van der Waals surface area contributed by atoms with E-state index in [-0.39, 0.29) is 6.10 Å². The number of rotatable bonds is 10. The molecule has 0 saturated carbocycles. The van der Waals surface area contributed by atoms with Crippen LogP contribution in [0.15, 0.2) is 0 Å². The quantitative estimate of drug-likeness (QED) is 0.533. The molecule has 0 aromatic heterocycles. The van der Waals surface area contributed by atoms with Crippen LogP contribution in [0, 0.1) is 0 Å². The Hall–Kier alpha value is -0.160. The van der Waals surface area contributed by atoms with Gasteiger partial charge in [-0.25, -0.2) is 0 Å². The van der Waals surface area contributed by atoms with Gasteiger partial charge in [0.25, 0.3) is 0 Å². The maximum atomic E-state index is 9.14. The summed E-state index contributed by atoms with van der Waals surface area (Å²) >= 11 is 0. The van der Waals surface area contributed by atoms with Crippen LogP contribution in [0.1, 0.15) is 26.7 Å². The van der Waals surface area contributed by atoms with Gasteiger partial charge in [0.2, 0.25) is 0 Å². The van der Waals surface area contributed by atoms with Crippen LogP contribution in [-0.2, 0) is 9.47 Å². The van der Waals surface area contributed by atoms with Crippen LogP contribution >= 0.6 is 0 Å². The first-order chi connectivity index (χ1) is 7.16. The summed E-state index contributed by atoms with van der Waals surface area (Å²) in [6.45, 7) is 6.91. The second-order valence-corrected chi connectivity index (χ2v) is 3.90. The van der Waals surface area contributed by atoms with E-state index in [0.717, 1.165) is 26.0 Å². The Balaban J connectivity index is 3.09. The van der Waals surface area contributed by atoms with E-state index in [2.05, 4.69) is 12.2 Å². The molecule has 2 unspecified atom stereocenters. The van der Waals surface area contributed by atoms with Gasteiger partial charge in [-0.1, -0.05) is 0 Å². The SMILES string of the molecule is COCCOCCCNC(C)CC(C)O. The molecule has 4 nitrogen and oxygen atoms in total. The highest BCUT2D eigenvalue weighted by Gasteiger charge is 2.04. The number of aliphatic hydroxyl groups is 1. The van der Waals surface area contributed by atoms with Crippen molar-refractivity contribution in [1.82, 2.24) is 5.32 Å². The van der Waals surface area contributed by atoms with Crippen LogP contribution in [0.2, 0.25) is 0 Å². The minimum atomic E-state index is -0.231. The van der Waals surface area contributed by atoms with E-state index in [4.69, 9.17) is 14.6 Å². The van der Waals surface area contributed by atoms with Crippen molar-refractivity contribution in [2.24, 2.45) is 0 Å². The van der Waals surface area contributed by atoms with Gasteiger partial charge in [-0.15, -0.1) is 0 Å². The highest BCUT2D eigenvalue weighted by atomic mass is 16.5. The van der Waals surface area contributed by atoms with Gasteiger partial charge in [-0.3, -0.25) is 0 Å². The van der Waals surface area contributed by atoms with Crippen molar-refractivity contribution in [3.05, 3.63) is 0 Å². The topological polar surface area (TPSA) is 50.7 Å². The van der Waals surface area contributed by atoms with Gasteiger partial charge in [-0.05, 0) is 33.2 Å². The van der Waals surface area contributed by atoms with Gasteiger partial charge in [-0.2, -0.15) is 0 Å². The number of aliphatic hydroxyl groups excluding tert-OH is 1. The molecule has 0 aliphatic heterocycles. The van der Waals surface area contributed by atoms with Crippen LogP contribution in [0.25, 0.3) is 0 Å². The number of nitrogens with one attached hydrogen (secondary N) is 1. The normalized spacial score (nSPS) is 15.2. The minimum absolute atomic E-state index is 0.231. The molecule has 0 aliphatic rings. The van der Waals surface area contributed by atoms with Crippen molar-refractivity contribution in [1.29, 1.82) is 0 Å².